The van der Waals surface area contributed by atoms with Gasteiger partial charge in [0.2, 0.25) is 0 Å². The molecule has 0 bridgehead atoms. The summed E-state index contributed by atoms with van der Waals surface area (Å²) in [7, 11) is 0. The summed E-state index contributed by atoms with van der Waals surface area (Å²) >= 11 is 0. The van der Waals surface area contributed by atoms with Gasteiger partial charge in [0.25, 0.3) is 17.7 Å². The number of rotatable bonds is 7. The largest absolute Gasteiger partial charge is 0.478 e. The van der Waals surface area contributed by atoms with Gasteiger partial charge in [-0.05, 0) is 17.7 Å². The highest BCUT2D eigenvalue weighted by molar-refractivity contribution is 5.97. The van der Waals surface area contributed by atoms with Crippen molar-refractivity contribution in [2.75, 3.05) is 0 Å². The van der Waals surface area contributed by atoms with Gasteiger partial charge >= 0.3 is 5.97 Å². The van der Waals surface area contributed by atoms with Crippen molar-refractivity contribution in [1.29, 1.82) is 0 Å². The molecule has 10 nitrogen and oxygen atoms in total. The Morgan fingerprint density at radius 3 is 2.10 bits per heavy atom. The quantitative estimate of drug-likeness (QED) is 0.346. The molecule has 0 unspecified atom stereocenters. The van der Waals surface area contributed by atoms with Crippen molar-refractivity contribution in [2.45, 2.75) is 12.5 Å². The van der Waals surface area contributed by atoms with Crippen LogP contribution >= 0.6 is 0 Å². The Bertz CT molecular complexity index is 1100. The Labute approximate surface area is 176 Å². The molecule has 1 aromatic heterocycles. The molecule has 0 aliphatic heterocycles. The predicted molar refractivity (Wildman–Crippen MR) is 107 cm³/mol. The van der Waals surface area contributed by atoms with Crippen LogP contribution in [0.2, 0.25) is 0 Å². The molecule has 5 N–H and O–H groups in total. The Morgan fingerprint density at radius 2 is 1.48 bits per heavy atom. The first kappa shape index (κ1) is 21.6. The Balaban J connectivity index is 1.68. The fraction of sp³-hybridized carbons (Fsp3) is 0.0952. The number of hydrogen-bond donors (Lipinski definition) is 5. The molecule has 0 aliphatic rings. The zero-order valence-electron chi connectivity index (χ0n) is 16.0. The third kappa shape index (κ3) is 5.47. The zero-order chi connectivity index (χ0) is 22.4. The molecule has 3 rings (SSSR count). The van der Waals surface area contributed by atoms with Gasteiger partial charge in [0.05, 0.1) is 5.56 Å². The number of carbonyl (C=O) groups excluding carboxylic acids is 2. The number of nitrogens with one attached hydrogen (secondary N) is 2. The number of nitrogens with zero attached hydrogens (tertiary/aromatic N) is 2. The van der Waals surface area contributed by atoms with E-state index in [0.717, 1.165) is 42.2 Å². The topological polar surface area (TPSA) is 162 Å². The first-order valence-electron chi connectivity index (χ1n) is 9.01. The van der Waals surface area contributed by atoms with E-state index in [-0.39, 0.29) is 29.1 Å². The van der Waals surface area contributed by atoms with Gasteiger partial charge < -0.3 is 20.6 Å². The van der Waals surface area contributed by atoms with Crippen LogP contribution in [0.15, 0.2) is 67.0 Å². The molecule has 2 aromatic carbocycles. The van der Waals surface area contributed by atoms with Gasteiger partial charge in [0.15, 0.2) is 0 Å². The molecule has 0 spiro atoms. The van der Waals surface area contributed by atoms with Gasteiger partial charge in [-0.1, -0.05) is 42.5 Å². The van der Waals surface area contributed by atoms with E-state index in [2.05, 4.69) is 15.3 Å². The predicted octanol–water partition coefficient (Wildman–Crippen LogP) is 0.630. The molecule has 0 atom stereocenters. The fourth-order valence-electron chi connectivity index (χ4n) is 2.61. The van der Waals surface area contributed by atoms with Gasteiger partial charge in [-0.15, -0.1) is 0 Å². The molecular formula is C21H18N4O6. The molecule has 31 heavy (non-hydrogen) atoms. The molecule has 0 saturated carbocycles. The summed E-state index contributed by atoms with van der Waals surface area (Å²) in [5.74, 6) is -5.50. The molecule has 3 aromatic rings. The minimum absolute atomic E-state index is 0.0622. The van der Waals surface area contributed by atoms with Crippen molar-refractivity contribution in [3.63, 3.8) is 0 Å². The van der Waals surface area contributed by atoms with Crippen molar-refractivity contribution >= 4 is 17.8 Å². The van der Waals surface area contributed by atoms with Crippen LogP contribution < -0.4 is 10.6 Å². The monoisotopic (exact) mass is 422 g/mol. The lowest BCUT2D eigenvalue weighted by molar-refractivity contribution is -0.185. The van der Waals surface area contributed by atoms with E-state index in [0.29, 0.717) is 0 Å². The molecule has 158 valence electrons. The maximum Gasteiger partial charge on any atom is 0.335 e. The average Bonchev–Trinajstić information content (AvgIpc) is 2.78. The number of carbonyl (C=O) groups is 3. The highest BCUT2D eigenvalue weighted by Crippen LogP contribution is 2.16. The molecule has 1 heterocycles. The van der Waals surface area contributed by atoms with Crippen LogP contribution in [0.3, 0.4) is 0 Å². The molecule has 10 heteroatoms. The molecule has 0 fully saturated rings. The van der Waals surface area contributed by atoms with Crippen LogP contribution in [-0.4, -0.2) is 43.1 Å². The minimum Gasteiger partial charge on any atom is -0.478 e. The zero-order valence-corrected chi connectivity index (χ0v) is 16.0. The van der Waals surface area contributed by atoms with Crippen molar-refractivity contribution in [2.24, 2.45) is 0 Å². The van der Waals surface area contributed by atoms with E-state index in [1.807, 2.05) is 35.6 Å². The van der Waals surface area contributed by atoms with Crippen molar-refractivity contribution in [3.8, 4) is 0 Å². The number of aliphatic hydroxyl groups is 2. The standard InChI is InChI=1S/C21H18N4O6/c26-18(22-11-13-4-2-1-3-5-13)16-10-17(24-12-23-16)19(27)25-21(30,31)15-8-6-14(7-9-15)20(28)29/h1-10,12,30-31H,11H2,(H,22,26)(H,25,27)(H,28,29). The van der Waals surface area contributed by atoms with Crippen LogP contribution in [0.4, 0.5) is 0 Å². The maximum atomic E-state index is 12.4. The molecule has 0 aliphatic carbocycles. The van der Waals surface area contributed by atoms with Gasteiger partial charge in [-0.2, -0.15) is 0 Å². The summed E-state index contributed by atoms with van der Waals surface area (Å²) in [4.78, 5) is 43.2. The number of benzene rings is 2. The SMILES string of the molecule is O=C(O)c1ccc(C(O)(O)NC(=O)c2cc(C(=O)NCc3ccccc3)ncn2)cc1. The summed E-state index contributed by atoms with van der Waals surface area (Å²) < 4.78 is 0. The van der Waals surface area contributed by atoms with Crippen molar-refractivity contribution in [1.82, 2.24) is 20.6 Å². The normalized spacial score (nSPS) is 10.9. The van der Waals surface area contributed by atoms with E-state index in [1.54, 1.807) is 0 Å². The first-order valence-corrected chi connectivity index (χ1v) is 9.01. The first-order chi connectivity index (χ1) is 14.8. The lowest BCUT2D eigenvalue weighted by Crippen LogP contribution is -2.46. The van der Waals surface area contributed by atoms with Crippen molar-refractivity contribution < 1.29 is 29.7 Å². The van der Waals surface area contributed by atoms with Gasteiger partial charge in [-0.25, -0.2) is 14.8 Å². The number of carboxylic acid groups (broad SMARTS) is 1. The van der Waals surface area contributed by atoms with E-state index in [4.69, 9.17) is 5.11 Å². The van der Waals surface area contributed by atoms with Crippen molar-refractivity contribution in [3.05, 3.63) is 95.1 Å². The van der Waals surface area contributed by atoms with Crippen LogP contribution in [0.5, 0.6) is 0 Å². The molecule has 0 radical (unpaired) electrons. The number of amides is 2. The van der Waals surface area contributed by atoms with Crippen LogP contribution in [0.1, 0.15) is 42.5 Å². The molecule has 2 amide bonds. The smallest absolute Gasteiger partial charge is 0.335 e. The number of aromatic carboxylic acids is 1. The summed E-state index contributed by atoms with van der Waals surface area (Å²) in [5, 5.41) is 33.9. The number of aromatic nitrogens is 2. The van der Waals surface area contributed by atoms with E-state index >= 15 is 0 Å². The highest BCUT2D eigenvalue weighted by atomic mass is 16.5. The Morgan fingerprint density at radius 1 is 0.871 bits per heavy atom. The minimum atomic E-state index is -2.80. The molecule has 0 saturated heterocycles. The number of carboxylic acids is 1. The third-order valence-corrected chi connectivity index (χ3v) is 4.25. The maximum absolute atomic E-state index is 12.4. The lowest BCUT2D eigenvalue weighted by Gasteiger charge is -2.23. The van der Waals surface area contributed by atoms with E-state index in [9.17, 15) is 24.6 Å². The van der Waals surface area contributed by atoms with Crippen LogP contribution in [0.25, 0.3) is 0 Å². The summed E-state index contributed by atoms with van der Waals surface area (Å²) in [5.41, 5.74) is 0.300. The number of hydrogen-bond acceptors (Lipinski definition) is 7. The van der Waals surface area contributed by atoms with E-state index in [1.165, 1.54) is 0 Å². The van der Waals surface area contributed by atoms with Gasteiger partial charge in [0, 0.05) is 18.2 Å². The second-order valence-electron chi connectivity index (χ2n) is 6.47. The highest BCUT2D eigenvalue weighted by Gasteiger charge is 2.29. The van der Waals surface area contributed by atoms with Crippen LogP contribution in [-0.2, 0) is 12.5 Å². The average molecular weight is 422 g/mol. The third-order valence-electron chi connectivity index (χ3n) is 4.25. The summed E-state index contributed by atoms with van der Waals surface area (Å²) in [6, 6.07) is 14.9. The fourth-order valence-corrected chi connectivity index (χ4v) is 2.61. The second-order valence-corrected chi connectivity index (χ2v) is 6.47. The summed E-state index contributed by atoms with van der Waals surface area (Å²) in [6.45, 7) is 0.258. The Hall–Kier alpha value is -4.15. The van der Waals surface area contributed by atoms with Gasteiger partial charge in [-0.3, -0.25) is 14.9 Å². The molecular weight excluding hydrogens is 404 g/mol. The van der Waals surface area contributed by atoms with Crippen LogP contribution in [0, 0.1) is 0 Å². The second kappa shape index (κ2) is 9.11. The van der Waals surface area contributed by atoms with Gasteiger partial charge in [0.1, 0.15) is 17.7 Å². The summed E-state index contributed by atoms with van der Waals surface area (Å²) in [6.07, 6.45) is 1.00. The Kier molecular flexibility index (Phi) is 6.34. The van der Waals surface area contributed by atoms with E-state index < -0.39 is 23.7 Å². The lowest BCUT2D eigenvalue weighted by atomic mass is 10.1.